The van der Waals surface area contributed by atoms with E-state index in [4.69, 9.17) is 28.7 Å². The topological polar surface area (TPSA) is 449 Å². The third kappa shape index (κ3) is 20.7. The Balaban J connectivity index is 1.59. The van der Waals surface area contributed by atoms with Crippen LogP contribution in [0.15, 0.2) is 83.3 Å². The van der Waals surface area contributed by atoms with Crippen LogP contribution < -0.4 is 71.2 Å². The number of benzene rings is 2. The monoisotopic (exact) mass is 1160 g/mol. The number of nitrogens with zero attached hydrogens (tertiary/aromatic N) is 3. The normalized spacial score (nSPS) is 21.7. The molecule has 9 amide bonds. The van der Waals surface area contributed by atoms with E-state index in [1.807, 2.05) is 18.2 Å². The number of hydrogen-bond acceptors (Lipinski definition) is 14. The number of amides is 9. The summed E-state index contributed by atoms with van der Waals surface area (Å²) in [5, 5.41) is 22.6. The van der Waals surface area contributed by atoms with Crippen LogP contribution in [-0.2, 0) is 62.4 Å². The molecule has 2 aromatic carbocycles. The maximum atomic E-state index is 14.8. The molecule has 0 bridgehead atoms. The molecule has 0 aliphatic carbocycles. The summed E-state index contributed by atoms with van der Waals surface area (Å²) in [4.78, 5) is 146. The van der Waals surface area contributed by atoms with E-state index in [0.29, 0.717) is 23.2 Å². The molecule has 0 unspecified atom stereocenters. The molecule has 5 rings (SSSR count). The van der Waals surface area contributed by atoms with Gasteiger partial charge in [0.05, 0.1) is 6.33 Å². The highest BCUT2D eigenvalue weighted by Gasteiger charge is 2.37. The fraction of sp³-hybridized carbons (Fsp3) is 0.462. The van der Waals surface area contributed by atoms with Crippen LogP contribution in [0.25, 0.3) is 10.9 Å². The summed E-state index contributed by atoms with van der Waals surface area (Å²) in [5.41, 5.74) is 30.5. The van der Waals surface area contributed by atoms with E-state index < -0.39 is 107 Å². The quantitative estimate of drug-likeness (QED) is 0.0194. The molecule has 1 aliphatic heterocycles. The first-order valence-electron chi connectivity index (χ1n) is 26.3. The zero-order valence-electron chi connectivity index (χ0n) is 45.3. The maximum Gasteiger partial charge on any atom is 0.244 e. The van der Waals surface area contributed by atoms with Gasteiger partial charge in [-0.05, 0) is 48.8 Å². The Bertz CT molecular complexity index is 2840. The number of para-hydroxylation sites is 1. The number of nitrogens with one attached hydrogen (secondary N) is 10. The third-order valence-corrected chi connectivity index (χ3v) is 15.5. The first-order chi connectivity index (χ1) is 38.7. The van der Waals surface area contributed by atoms with Crippen molar-refractivity contribution in [1.29, 1.82) is 0 Å². The van der Waals surface area contributed by atoms with E-state index in [1.54, 1.807) is 56.4 Å². The van der Waals surface area contributed by atoms with Crippen molar-refractivity contribution >= 4 is 97.6 Å². The SMILES string of the molecule is CC[C@@H](C)[C@H]1NC(=O)[C@@H](NC(=O)[C@H](CCCN=C(N)N)NC(C)=O)CSSC[C@@H](C(N)=O)NC(=O)[C@H](Cc2c[nH]c3ccccc23)NC(=O)[C@H](CCCN=C(N)N)NC(=O)[C@@H](Cc2ccccc2)NC(=O)[C@H](Cc2cnc[nH]2)NC1=O. The van der Waals surface area contributed by atoms with Crippen molar-refractivity contribution in [3.05, 3.63) is 90.1 Å². The summed E-state index contributed by atoms with van der Waals surface area (Å²) >= 11 is 0. The first-order valence-corrected chi connectivity index (χ1v) is 28.8. The van der Waals surface area contributed by atoms with Crippen LogP contribution in [0.2, 0.25) is 0 Å². The Hall–Kier alpha value is -8.34. The number of imidazole rings is 1. The fourth-order valence-electron chi connectivity index (χ4n) is 8.59. The predicted molar refractivity (Wildman–Crippen MR) is 309 cm³/mol. The number of hydrogen-bond donors (Lipinski definition) is 15. The van der Waals surface area contributed by atoms with E-state index in [-0.39, 0.29) is 81.5 Å². The number of nitrogens with two attached hydrogens (primary N) is 5. The lowest BCUT2D eigenvalue weighted by Gasteiger charge is -2.29. The molecule has 3 heterocycles. The van der Waals surface area contributed by atoms with Gasteiger partial charge in [0.2, 0.25) is 53.2 Å². The highest BCUT2D eigenvalue weighted by Crippen LogP contribution is 2.25. The molecular formula is C52H74N18O9S2. The Morgan fingerprint density at radius 3 is 1.93 bits per heavy atom. The van der Waals surface area contributed by atoms with E-state index in [2.05, 4.69) is 67.5 Å². The minimum absolute atomic E-state index is 0.0565. The molecule has 4 aromatic rings. The molecule has 20 N–H and O–H groups in total. The van der Waals surface area contributed by atoms with Gasteiger partial charge in [-0.1, -0.05) is 90.4 Å². The molecular weight excluding hydrogens is 1080 g/mol. The number of carbonyl (C=O) groups excluding carboxylic acids is 9. The number of guanidine groups is 2. The van der Waals surface area contributed by atoms with E-state index in [0.717, 1.165) is 32.5 Å². The number of aliphatic imine (C=N–C) groups is 2. The first kappa shape index (κ1) is 63.5. The number of fused-ring (bicyclic) bond motifs is 1. The summed E-state index contributed by atoms with van der Waals surface area (Å²) in [5.74, 6) is -8.43. The Morgan fingerprint density at radius 2 is 1.28 bits per heavy atom. The molecule has 27 nitrogen and oxygen atoms in total. The summed E-state index contributed by atoms with van der Waals surface area (Å²) in [6.07, 6.45) is 4.91. The molecule has 0 spiro atoms. The van der Waals surface area contributed by atoms with Gasteiger partial charge >= 0.3 is 0 Å². The van der Waals surface area contributed by atoms with E-state index in [9.17, 15) is 43.2 Å². The average molecular weight is 1160 g/mol. The smallest absolute Gasteiger partial charge is 0.244 e. The van der Waals surface area contributed by atoms with Crippen LogP contribution in [0.1, 0.15) is 69.7 Å². The number of carbonyl (C=O) groups is 9. The molecule has 1 fully saturated rings. The van der Waals surface area contributed by atoms with Gasteiger partial charge in [-0.15, -0.1) is 0 Å². The van der Waals surface area contributed by atoms with Crippen molar-refractivity contribution in [3.8, 4) is 0 Å². The molecule has 1 saturated heterocycles. The van der Waals surface area contributed by atoms with Crippen molar-refractivity contribution < 1.29 is 43.2 Å². The summed E-state index contributed by atoms with van der Waals surface area (Å²) < 4.78 is 0. The van der Waals surface area contributed by atoms with Gasteiger partial charge in [0.15, 0.2) is 11.9 Å². The summed E-state index contributed by atoms with van der Waals surface area (Å²) in [6.45, 7) is 4.89. The Morgan fingerprint density at radius 1 is 0.691 bits per heavy atom. The lowest BCUT2D eigenvalue weighted by molar-refractivity contribution is -0.136. The molecule has 0 saturated carbocycles. The second kappa shape index (κ2) is 32.0. The molecule has 81 heavy (non-hydrogen) atoms. The largest absolute Gasteiger partial charge is 0.370 e. The van der Waals surface area contributed by atoms with Crippen molar-refractivity contribution in [2.45, 2.75) is 120 Å². The maximum absolute atomic E-state index is 14.8. The van der Waals surface area contributed by atoms with Crippen LogP contribution in [0, 0.1) is 5.92 Å². The fourth-order valence-corrected chi connectivity index (χ4v) is 10.9. The van der Waals surface area contributed by atoms with Crippen molar-refractivity contribution in [1.82, 2.24) is 57.5 Å². The number of H-pyrrole nitrogens is 2. The molecule has 29 heteroatoms. The molecule has 2 aromatic heterocycles. The zero-order chi connectivity index (χ0) is 59.0. The van der Waals surface area contributed by atoms with Crippen LogP contribution in [0.4, 0.5) is 0 Å². The lowest BCUT2D eigenvalue weighted by Crippen LogP contribution is -2.62. The van der Waals surface area contributed by atoms with Crippen LogP contribution in [0.3, 0.4) is 0 Å². The van der Waals surface area contributed by atoms with Gasteiger partial charge in [-0.2, -0.15) is 0 Å². The van der Waals surface area contributed by atoms with Crippen molar-refractivity contribution in [2.75, 3.05) is 24.6 Å². The van der Waals surface area contributed by atoms with Crippen LogP contribution >= 0.6 is 21.6 Å². The van der Waals surface area contributed by atoms with Crippen molar-refractivity contribution in [3.63, 3.8) is 0 Å². The van der Waals surface area contributed by atoms with Gasteiger partial charge in [0.1, 0.15) is 48.3 Å². The number of rotatable bonds is 20. The average Bonchev–Trinajstić information content (AvgIpc) is 4.11. The number of aromatic nitrogens is 3. The molecule has 0 radical (unpaired) electrons. The predicted octanol–water partition coefficient (Wildman–Crippen LogP) is -2.15. The zero-order valence-corrected chi connectivity index (χ0v) is 47.0. The van der Waals surface area contributed by atoms with E-state index >= 15 is 0 Å². The Labute approximate surface area is 476 Å². The van der Waals surface area contributed by atoms with Crippen molar-refractivity contribution in [2.24, 2.45) is 44.6 Å². The number of aromatic amines is 2. The Kier molecular flexibility index (Phi) is 25.1. The van der Waals surface area contributed by atoms with Gasteiger partial charge in [0, 0.05) is 79.8 Å². The minimum Gasteiger partial charge on any atom is -0.370 e. The van der Waals surface area contributed by atoms with Crippen LogP contribution in [-0.4, -0.2) is 153 Å². The molecule has 438 valence electrons. The standard InChI is InChI=1S/C52H74N18O9S2/c1-4-28(2)42-50(79)67-39(22-32-24-58-27-62-32)48(77)65-37(20-30-12-6-5-7-13-30)46(75)64-36(17-11-19-60-52(56)57)45(74)66-38(21-31-23-61-34-15-9-8-14-33(31)34)47(76)68-40(43(53)72)25-80-81-26-41(49(78)70-42)69-44(73)35(63-29(3)71)16-10-18-59-51(54)55/h5-9,12-15,23-24,27-28,35-42,61H,4,10-11,16-22,25-26H2,1-3H3,(H2,53,72)(H,58,62)(H,63,71)(H,64,75)(H,65,77)(H,66,74)(H,67,79)(H,68,76)(H,69,73)(H,70,78)(H4,54,55,59)(H4,56,57,60)/t28-,35+,36+,37-,38+,39+,40+,41+,42-/m1/s1. The van der Waals surface area contributed by atoms with Gasteiger partial charge in [-0.25, -0.2) is 4.98 Å². The van der Waals surface area contributed by atoms with E-state index in [1.165, 1.54) is 19.4 Å². The summed E-state index contributed by atoms with van der Waals surface area (Å²) in [6, 6.07) is 5.21. The number of primary amides is 1. The lowest BCUT2D eigenvalue weighted by atomic mass is 9.97. The molecule has 1 aliphatic rings. The van der Waals surface area contributed by atoms with Gasteiger partial charge < -0.3 is 81.2 Å². The second-order valence-corrected chi connectivity index (χ2v) is 21.9. The van der Waals surface area contributed by atoms with Gasteiger partial charge in [0.25, 0.3) is 0 Å². The van der Waals surface area contributed by atoms with Gasteiger partial charge in [-0.3, -0.25) is 53.1 Å². The summed E-state index contributed by atoms with van der Waals surface area (Å²) in [7, 11) is 2.04. The molecule has 9 atom stereocenters. The highest BCUT2D eigenvalue weighted by molar-refractivity contribution is 8.76. The highest BCUT2D eigenvalue weighted by atomic mass is 33.1. The van der Waals surface area contributed by atoms with Crippen LogP contribution in [0.5, 0.6) is 0 Å². The second-order valence-electron chi connectivity index (χ2n) is 19.4. The minimum atomic E-state index is -1.41. The third-order valence-electron chi connectivity index (χ3n) is 13.1.